The van der Waals surface area contributed by atoms with Gasteiger partial charge in [-0.2, -0.15) is 0 Å². The number of amides is 1. The summed E-state index contributed by atoms with van der Waals surface area (Å²) in [5.41, 5.74) is 4.92. The van der Waals surface area contributed by atoms with Crippen molar-refractivity contribution in [3.05, 3.63) is 65.2 Å². The lowest BCUT2D eigenvalue weighted by Crippen LogP contribution is -2.34. The van der Waals surface area contributed by atoms with Gasteiger partial charge in [-0.25, -0.2) is 0 Å². The van der Waals surface area contributed by atoms with E-state index in [4.69, 9.17) is 0 Å². The molecule has 1 fully saturated rings. The summed E-state index contributed by atoms with van der Waals surface area (Å²) in [4.78, 5) is 14.8. The van der Waals surface area contributed by atoms with Crippen LogP contribution in [0.25, 0.3) is 0 Å². The lowest BCUT2D eigenvalue weighted by molar-refractivity contribution is -0.121. The van der Waals surface area contributed by atoms with E-state index in [0.717, 1.165) is 31.0 Å². The minimum absolute atomic E-state index is 0.0323. The number of carbonyl (C=O) groups excluding carboxylic acids is 1. The predicted octanol–water partition coefficient (Wildman–Crippen LogP) is 5.04. The number of hydrogen-bond acceptors (Lipinski definition) is 2. The van der Waals surface area contributed by atoms with Gasteiger partial charge in [0.05, 0.1) is 6.04 Å². The maximum atomic E-state index is 12.3. The first kappa shape index (κ1) is 19.5. The van der Waals surface area contributed by atoms with Gasteiger partial charge in [-0.1, -0.05) is 48.9 Å². The smallest absolute Gasteiger partial charge is 0.220 e. The molecule has 2 aromatic carbocycles. The Kier molecular flexibility index (Phi) is 6.54. The molecule has 144 valence electrons. The third-order valence-corrected chi connectivity index (χ3v) is 5.55. The molecule has 0 saturated carbocycles. The first-order valence-corrected chi connectivity index (χ1v) is 10.2. The Hall–Kier alpha value is -2.29. The zero-order chi connectivity index (χ0) is 19.2. The van der Waals surface area contributed by atoms with Crippen LogP contribution in [0.1, 0.15) is 55.8 Å². The van der Waals surface area contributed by atoms with E-state index >= 15 is 0 Å². The van der Waals surface area contributed by atoms with Crippen LogP contribution in [0.4, 0.5) is 5.69 Å². The molecule has 0 aliphatic carbocycles. The van der Waals surface area contributed by atoms with Gasteiger partial charge in [-0.15, -0.1) is 0 Å². The largest absolute Gasteiger partial charge is 0.371 e. The standard InChI is InChI=1S/C24H32N2O/c1-18-6-8-21(9-7-18)10-15-24(27)25-20(3)22-11-13-23(14-12-22)26-16-4-5-19(2)17-26/h6-9,11-14,19-20H,4-5,10,15-17H2,1-3H3,(H,25,27)/t19-,20-/m1/s1. The molecule has 0 radical (unpaired) electrons. The topological polar surface area (TPSA) is 32.3 Å². The number of anilines is 1. The molecule has 1 aliphatic rings. The molecular formula is C24H32N2O. The molecule has 3 rings (SSSR count). The van der Waals surface area contributed by atoms with E-state index in [2.05, 4.69) is 79.5 Å². The van der Waals surface area contributed by atoms with E-state index in [1.165, 1.54) is 29.7 Å². The van der Waals surface area contributed by atoms with Crippen LogP contribution in [0.3, 0.4) is 0 Å². The van der Waals surface area contributed by atoms with Crippen LogP contribution < -0.4 is 10.2 Å². The third kappa shape index (κ3) is 5.59. The lowest BCUT2D eigenvalue weighted by Gasteiger charge is -2.33. The van der Waals surface area contributed by atoms with Crippen molar-refractivity contribution in [2.24, 2.45) is 5.92 Å². The molecule has 1 N–H and O–H groups in total. The second-order valence-electron chi connectivity index (χ2n) is 8.06. The number of benzene rings is 2. The Balaban J connectivity index is 1.50. The second kappa shape index (κ2) is 9.07. The van der Waals surface area contributed by atoms with Crippen LogP contribution >= 0.6 is 0 Å². The molecule has 1 heterocycles. The Morgan fingerprint density at radius 1 is 1.15 bits per heavy atom. The minimum Gasteiger partial charge on any atom is -0.371 e. The molecule has 0 spiro atoms. The van der Waals surface area contributed by atoms with Gasteiger partial charge in [-0.3, -0.25) is 4.79 Å². The van der Waals surface area contributed by atoms with Crippen molar-refractivity contribution in [1.82, 2.24) is 5.32 Å². The highest BCUT2D eigenvalue weighted by atomic mass is 16.1. The fourth-order valence-corrected chi connectivity index (χ4v) is 3.81. The maximum Gasteiger partial charge on any atom is 0.220 e. The number of rotatable bonds is 6. The highest BCUT2D eigenvalue weighted by molar-refractivity contribution is 5.76. The van der Waals surface area contributed by atoms with Crippen LogP contribution in [0.15, 0.2) is 48.5 Å². The van der Waals surface area contributed by atoms with E-state index in [-0.39, 0.29) is 11.9 Å². The van der Waals surface area contributed by atoms with Gasteiger partial charge < -0.3 is 10.2 Å². The van der Waals surface area contributed by atoms with Crippen LogP contribution in [0.5, 0.6) is 0 Å². The average Bonchev–Trinajstić information content (AvgIpc) is 2.67. The van der Waals surface area contributed by atoms with Crippen molar-refractivity contribution in [1.29, 1.82) is 0 Å². The van der Waals surface area contributed by atoms with Crippen molar-refractivity contribution >= 4 is 11.6 Å². The first-order valence-electron chi connectivity index (χ1n) is 10.2. The average molecular weight is 365 g/mol. The number of nitrogens with one attached hydrogen (secondary N) is 1. The van der Waals surface area contributed by atoms with Gasteiger partial charge in [0, 0.05) is 25.2 Å². The van der Waals surface area contributed by atoms with Crippen LogP contribution in [0, 0.1) is 12.8 Å². The zero-order valence-electron chi connectivity index (χ0n) is 16.9. The van der Waals surface area contributed by atoms with Crippen LogP contribution in [-0.2, 0) is 11.2 Å². The number of nitrogens with zero attached hydrogens (tertiary/aromatic N) is 1. The Morgan fingerprint density at radius 3 is 2.52 bits per heavy atom. The van der Waals surface area contributed by atoms with E-state index in [9.17, 15) is 4.79 Å². The van der Waals surface area contributed by atoms with E-state index < -0.39 is 0 Å². The summed E-state index contributed by atoms with van der Waals surface area (Å²) in [6.45, 7) is 8.76. The summed E-state index contributed by atoms with van der Waals surface area (Å²) in [7, 11) is 0. The lowest BCUT2D eigenvalue weighted by atomic mass is 9.99. The van der Waals surface area contributed by atoms with Crippen LogP contribution in [-0.4, -0.2) is 19.0 Å². The maximum absolute atomic E-state index is 12.3. The molecule has 2 aromatic rings. The quantitative estimate of drug-likeness (QED) is 0.779. The number of carbonyl (C=O) groups is 1. The Bertz CT molecular complexity index is 736. The predicted molar refractivity (Wildman–Crippen MR) is 113 cm³/mol. The zero-order valence-corrected chi connectivity index (χ0v) is 16.9. The summed E-state index contributed by atoms with van der Waals surface area (Å²) in [6.07, 6.45) is 3.92. The molecule has 0 unspecified atom stereocenters. The van der Waals surface area contributed by atoms with E-state index in [1.54, 1.807) is 0 Å². The van der Waals surface area contributed by atoms with Gasteiger partial charge in [-0.05, 0) is 62.3 Å². The monoisotopic (exact) mass is 364 g/mol. The van der Waals surface area contributed by atoms with E-state index in [1.807, 2.05) is 0 Å². The fraction of sp³-hybridized carbons (Fsp3) is 0.458. The Morgan fingerprint density at radius 2 is 1.85 bits per heavy atom. The number of aryl methyl sites for hydroxylation is 2. The molecule has 3 heteroatoms. The summed E-state index contributed by atoms with van der Waals surface area (Å²) in [5.74, 6) is 0.877. The number of hydrogen-bond donors (Lipinski definition) is 1. The minimum atomic E-state index is 0.0323. The molecule has 0 aromatic heterocycles. The fourth-order valence-electron chi connectivity index (χ4n) is 3.81. The van der Waals surface area contributed by atoms with Gasteiger partial charge >= 0.3 is 0 Å². The summed E-state index contributed by atoms with van der Waals surface area (Å²) in [5, 5.41) is 3.13. The summed E-state index contributed by atoms with van der Waals surface area (Å²) < 4.78 is 0. The van der Waals surface area contributed by atoms with Crippen molar-refractivity contribution in [3.8, 4) is 0 Å². The van der Waals surface area contributed by atoms with E-state index in [0.29, 0.717) is 6.42 Å². The second-order valence-corrected chi connectivity index (χ2v) is 8.06. The van der Waals surface area contributed by atoms with Gasteiger partial charge in [0.15, 0.2) is 0 Å². The van der Waals surface area contributed by atoms with Gasteiger partial charge in [0.25, 0.3) is 0 Å². The summed E-state index contributed by atoms with van der Waals surface area (Å²) in [6, 6.07) is 17.1. The molecule has 0 bridgehead atoms. The normalized spacial score (nSPS) is 18.2. The highest BCUT2D eigenvalue weighted by Crippen LogP contribution is 2.24. The van der Waals surface area contributed by atoms with Crippen LogP contribution in [0.2, 0.25) is 0 Å². The van der Waals surface area contributed by atoms with Crippen molar-refractivity contribution < 1.29 is 4.79 Å². The third-order valence-electron chi connectivity index (χ3n) is 5.55. The molecule has 1 saturated heterocycles. The van der Waals surface area contributed by atoms with Crippen molar-refractivity contribution in [3.63, 3.8) is 0 Å². The molecule has 1 amide bonds. The Labute approximate surface area is 163 Å². The highest BCUT2D eigenvalue weighted by Gasteiger charge is 2.17. The molecule has 2 atom stereocenters. The SMILES string of the molecule is Cc1ccc(CCC(=O)N[C@H](C)c2ccc(N3CCC[C@@H](C)C3)cc2)cc1. The molecule has 1 aliphatic heterocycles. The molecular weight excluding hydrogens is 332 g/mol. The van der Waals surface area contributed by atoms with Gasteiger partial charge in [0.2, 0.25) is 5.91 Å². The van der Waals surface area contributed by atoms with Gasteiger partial charge in [0.1, 0.15) is 0 Å². The molecule has 3 nitrogen and oxygen atoms in total. The summed E-state index contributed by atoms with van der Waals surface area (Å²) >= 11 is 0. The number of piperidine rings is 1. The first-order chi connectivity index (χ1) is 13.0. The van der Waals surface area contributed by atoms with Crippen molar-refractivity contribution in [2.45, 2.75) is 52.5 Å². The van der Waals surface area contributed by atoms with Crippen molar-refractivity contribution in [2.75, 3.05) is 18.0 Å². The molecule has 27 heavy (non-hydrogen) atoms.